The van der Waals surface area contributed by atoms with Gasteiger partial charge in [-0.25, -0.2) is 0 Å². The largest absolute Gasteiger partial charge is 0.416 e. The number of anilines is 1. The van der Waals surface area contributed by atoms with Crippen molar-refractivity contribution >= 4 is 11.6 Å². The maximum Gasteiger partial charge on any atom is 0.416 e. The van der Waals surface area contributed by atoms with E-state index in [-0.39, 0.29) is 5.91 Å². The maximum atomic E-state index is 13.2. The zero-order valence-corrected chi connectivity index (χ0v) is 16.6. The second-order valence-electron chi connectivity index (χ2n) is 7.16. The van der Waals surface area contributed by atoms with Gasteiger partial charge in [-0.3, -0.25) is 4.79 Å². The van der Waals surface area contributed by atoms with Crippen molar-refractivity contribution in [2.24, 2.45) is 5.73 Å². The molecular formula is C24H23F3N2O. The summed E-state index contributed by atoms with van der Waals surface area (Å²) in [6.45, 7) is 2.25. The van der Waals surface area contributed by atoms with Crippen molar-refractivity contribution in [1.29, 1.82) is 0 Å². The van der Waals surface area contributed by atoms with Crippen LogP contribution in [0.2, 0.25) is 0 Å². The summed E-state index contributed by atoms with van der Waals surface area (Å²) in [5.74, 6) is -0.267. The Morgan fingerprint density at radius 1 is 0.933 bits per heavy atom. The monoisotopic (exact) mass is 412 g/mol. The number of rotatable bonds is 6. The van der Waals surface area contributed by atoms with Crippen LogP contribution in [0, 0.1) is 6.92 Å². The predicted molar refractivity (Wildman–Crippen MR) is 112 cm³/mol. The van der Waals surface area contributed by atoms with E-state index >= 15 is 0 Å². The van der Waals surface area contributed by atoms with Crippen LogP contribution in [0.4, 0.5) is 18.9 Å². The van der Waals surface area contributed by atoms with Crippen LogP contribution in [-0.2, 0) is 17.4 Å². The van der Waals surface area contributed by atoms with E-state index in [9.17, 15) is 18.0 Å². The van der Waals surface area contributed by atoms with E-state index in [4.69, 9.17) is 5.73 Å². The molecule has 3 nitrogen and oxygen atoms in total. The van der Waals surface area contributed by atoms with Crippen LogP contribution in [-0.4, -0.2) is 12.5 Å². The van der Waals surface area contributed by atoms with Gasteiger partial charge in [-0.05, 0) is 48.7 Å². The number of carbonyl (C=O) groups is 1. The molecule has 0 radical (unpaired) electrons. The fraction of sp³-hybridized carbons (Fsp3) is 0.208. The molecule has 1 atom stereocenters. The minimum Gasteiger partial charge on any atom is -0.316 e. The van der Waals surface area contributed by atoms with Gasteiger partial charge >= 0.3 is 6.18 Å². The zero-order valence-electron chi connectivity index (χ0n) is 16.6. The molecule has 0 saturated carbocycles. The lowest BCUT2D eigenvalue weighted by Crippen LogP contribution is -2.40. The molecule has 0 aromatic heterocycles. The quantitative estimate of drug-likeness (QED) is 0.598. The molecule has 1 unspecified atom stereocenters. The van der Waals surface area contributed by atoms with Gasteiger partial charge in [-0.15, -0.1) is 0 Å². The van der Waals surface area contributed by atoms with Crippen LogP contribution in [0.1, 0.15) is 28.3 Å². The Morgan fingerprint density at radius 3 is 2.10 bits per heavy atom. The number of halogens is 3. The van der Waals surface area contributed by atoms with Crippen molar-refractivity contribution < 1.29 is 18.0 Å². The molecule has 2 N–H and O–H groups in total. The first-order valence-electron chi connectivity index (χ1n) is 9.60. The van der Waals surface area contributed by atoms with Crippen molar-refractivity contribution in [2.45, 2.75) is 25.6 Å². The van der Waals surface area contributed by atoms with Gasteiger partial charge in [-0.1, -0.05) is 60.2 Å². The number of hydrogen-bond donors (Lipinski definition) is 1. The smallest absolute Gasteiger partial charge is 0.316 e. The summed E-state index contributed by atoms with van der Waals surface area (Å²) in [4.78, 5) is 14.8. The second-order valence-corrected chi connectivity index (χ2v) is 7.16. The van der Waals surface area contributed by atoms with Crippen LogP contribution in [0.15, 0.2) is 78.9 Å². The number of hydrogen-bond acceptors (Lipinski definition) is 2. The molecule has 0 saturated heterocycles. The fourth-order valence-corrected chi connectivity index (χ4v) is 3.16. The summed E-state index contributed by atoms with van der Waals surface area (Å²) >= 11 is 0. The van der Waals surface area contributed by atoms with Gasteiger partial charge < -0.3 is 10.6 Å². The lowest BCUT2D eigenvalue weighted by atomic mass is 10.0. The highest BCUT2D eigenvalue weighted by Gasteiger charge is 2.30. The SMILES string of the molecule is Cc1ccc(N(CCc2ccc(C(F)(F)F)cc2)C(=O)C(N)c2ccccc2)cc1. The number of benzene rings is 3. The Kier molecular flexibility index (Phi) is 6.57. The van der Waals surface area contributed by atoms with Gasteiger partial charge in [-0.2, -0.15) is 13.2 Å². The highest BCUT2D eigenvalue weighted by atomic mass is 19.4. The number of nitrogens with zero attached hydrogens (tertiary/aromatic N) is 1. The molecular weight excluding hydrogens is 389 g/mol. The normalized spacial score (nSPS) is 12.4. The third-order valence-electron chi connectivity index (χ3n) is 4.94. The average molecular weight is 412 g/mol. The van der Waals surface area contributed by atoms with E-state index in [0.717, 1.165) is 17.7 Å². The Morgan fingerprint density at radius 2 is 1.53 bits per heavy atom. The Labute approximate surface area is 173 Å². The van der Waals surface area contributed by atoms with Gasteiger partial charge in [0, 0.05) is 12.2 Å². The summed E-state index contributed by atoms with van der Waals surface area (Å²) in [5.41, 5.74) is 8.70. The van der Waals surface area contributed by atoms with E-state index in [1.54, 1.807) is 17.0 Å². The molecule has 3 rings (SSSR count). The summed E-state index contributed by atoms with van der Waals surface area (Å²) < 4.78 is 38.3. The van der Waals surface area contributed by atoms with Crippen LogP contribution >= 0.6 is 0 Å². The highest BCUT2D eigenvalue weighted by Crippen LogP contribution is 2.29. The number of aryl methyl sites for hydroxylation is 1. The van der Waals surface area contributed by atoms with E-state index in [1.165, 1.54) is 12.1 Å². The summed E-state index contributed by atoms with van der Waals surface area (Å²) in [6, 6.07) is 20.8. The second kappa shape index (κ2) is 9.13. The molecule has 0 aliphatic heterocycles. The summed E-state index contributed by atoms with van der Waals surface area (Å²) in [5, 5.41) is 0. The lowest BCUT2D eigenvalue weighted by molar-refractivity contribution is -0.137. The van der Waals surface area contributed by atoms with Crippen molar-refractivity contribution in [2.75, 3.05) is 11.4 Å². The Balaban J connectivity index is 1.81. The molecule has 3 aromatic rings. The molecule has 0 spiro atoms. The Bertz CT molecular complexity index is 968. The molecule has 0 heterocycles. The predicted octanol–water partition coefficient (Wildman–Crippen LogP) is 5.29. The number of nitrogens with two attached hydrogens (primary N) is 1. The van der Waals surface area contributed by atoms with Crippen molar-refractivity contribution in [3.05, 3.63) is 101 Å². The van der Waals surface area contributed by atoms with Gasteiger partial charge in [0.2, 0.25) is 5.91 Å². The van der Waals surface area contributed by atoms with Gasteiger partial charge in [0.25, 0.3) is 0 Å². The third kappa shape index (κ3) is 5.27. The fourth-order valence-electron chi connectivity index (χ4n) is 3.16. The number of carbonyl (C=O) groups excluding carboxylic acids is 1. The van der Waals surface area contributed by atoms with Gasteiger partial charge in [0.1, 0.15) is 6.04 Å². The third-order valence-corrected chi connectivity index (χ3v) is 4.94. The van der Waals surface area contributed by atoms with Crippen LogP contribution in [0.5, 0.6) is 0 Å². The maximum absolute atomic E-state index is 13.2. The summed E-state index contributed by atoms with van der Waals surface area (Å²) in [6.07, 6.45) is -3.97. The van der Waals surface area contributed by atoms with Crippen LogP contribution < -0.4 is 10.6 Å². The van der Waals surface area contributed by atoms with Crippen molar-refractivity contribution in [3.63, 3.8) is 0 Å². The van der Waals surface area contributed by atoms with Crippen LogP contribution in [0.25, 0.3) is 0 Å². The molecule has 30 heavy (non-hydrogen) atoms. The highest BCUT2D eigenvalue weighted by molar-refractivity contribution is 5.97. The molecule has 0 aliphatic rings. The molecule has 6 heteroatoms. The van der Waals surface area contributed by atoms with Crippen molar-refractivity contribution in [3.8, 4) is 0 Å². The van der Waals surface area contributed by atoms with Crippen LogP contribution in [0.3, 0.4) is 0 Å². The topological polar surface area (TPSA) is 46.3 Å². The first-order valence-corrected chi connectivity index (χ1v) is 9.60. The Hall–Kier alpha value is -3.12. The molecule has 0 fully saturated rings. The molecule has 0 aliphatic carbocycles. The first-order chi connectivity index (χ1) is 14.3. The summed E-state index contributed by atoms with van der Waals surface area (Å²) in [7, 11) is 0. The van der Waals surface area contributed by atoms with Gasteiger partial charge in [0.15, 0.2) is 0 Å². The zero-order chi connectivity index (χ0) is 21.7. The lowest BCUT2D eigenvalue weighted by Gasteiger charge is -2.26. The van der Waals surface area contributed by atoms with E-state index in [2.05, 4.69) is 0 Å². The minimum atomic E-state index is -4.37. The standard InChI is InChI=1S/C24H23F3N2O/c1-17-7-13-21(14-8-17)29(23(30)22(28)19-5-3-2-4-6-19)16-15-18-9-11-20(12-10-18)24(25,26)27/h2-14,22H,15-16,28H2,1H3. The van der Waals surface area contributed by atoms with Gasteiger partial charge in [0.05, 0.1) is 5.56 Å². The van der Waals surface area contributed by atoms with E-state index in [0.29, 0.717) is 29.8 Å². The average Bonchev–Trinajstić information content (AvgIpc) is 2.74. The number of alkyl halides is 3. The minimum absolute atomic E-state index is 0.267. The molecule has 1 amide bonds. The number of amides is 1. The molecule has 3 aromatic carbocycles. The molecule has 156 valence electrons. The van der Waals surface area contributed by atoms with E-state index in [1.807, 2.05) is 49.4 Å². The van der Waals surface area contributed by atoms with E-state index < -0.39 is 17.8 Å². The van der Waals surface area contributed by atoms with Crippen molar-refractivity contribution in [1.82, 2.24) is 0 Å². The molecule has 0 bridgehead atoms. The first kappa shape index (κ1) is 21.6.